The molecule has 0 radical (unpaired) electrons. The zero-order chi connectivity index (χ0) is 26.5. The van der Waals surface area contributed by atoms with Crippen LogP contribution >= 0.6 is 46.5 Å². The number of aliphatic carboxylic acids is 1. The van der Waals surface area contributed by atoms with Gasteiger partial charge in [0.2, 0.25) is 5.91 Å². The van der Waals surface area contributed by atoms with Crippen molar-refractivity contribution in [3.8, 4) is 0 Å². The van der Waals surface area contributed by atoms with Crippen molar-refractivity contribution in [1.29, 1.82) is 0 Å². The molecule has 2 aromatic rings. The molecule has 3 atom stereocenters. The number of nitrogens with zero attached hydrogens (tertiary/aromatic N) is 5. The van der Waals surface area contributed by atoms with Crippen LogP contribution in [0.5, 0.6) is 0 Å². The number of rotatable bonds is 7. The zero-order valence-electron chi connectivity index (χ0n) is 18.8. The number of nitrogens with one attached hydrogen (secondary N) is 1. The SMILES string of the molecule is Cc1nnc(SCC2=C(C(=O)O)N3C(=O)[C@H](NC(=O)[C@H](C)n4nc(C(F)(F)F)c(Cl)c4C)[C@H]3SC2)s1. The summed E-state index contributed by atoms with van der Waals surface area (Å²) in [5, 5.41) is 23.2. The molecule has 0 aromatic carbocycles. The van der Waals surface area contributed by atoms with Crippen LogP contribution in [0.15, 0.2) is 15.6 Å². The lowest BCUT2D eigenvalue weighted by molar-refractivity contribution is -0.151. The van der Waals surface area contributed by atoms with E-state index in [4.69, 9.17) is 11.6 Å². The van der Waals surface area contributed by atoms with Gasteiger partial charge in [-0.1, -0.05) is 34.7 Å². The Hall–Kier alpha value is -2.30. The fourth-order valence-corrected chi connectivity index (χ4v) is 7.25. The normalized spacial score (nSPS) is 20.8. The molecule has 0 saturated carbocycles. The minimum absolute atomic E-state index is 0.0518. The molecule has 2 aliphatic rings. The van der Waals surface area contributed by atoms with Gasteiger partial charge in [0.15, 0.2) is 10.0 Å². The zero-order valence-corrected chi connectivity index (χ0v) is 22.0. The molecule has 2 amide bonds. The lowest BCUT2D eigenvalue weighted by atomic mass is 10.0. The summed E-state index contributed by atoms with van der Waals surface area (Å²) in [6, 6.07) is -2.24. The summed E-state index contributed by atoms with van der Waals surface area (Å²) >= 11 is 9.74. The van der Waals surface area contributed by atoms with Gasteiger partial charge in [-0.25, -0.2) is 4.79 Å². The number of carboxylic acids is 1. The number of aryl methyl sites for hydroxylation is 1. The van der Waals surface area contributed by atoms with E-state index in [-0.39, 0.29) is 11.4 Å². The maximum Gasteiger partial charge on any atom is 0.436 e. The van der Waals surface area contributed by atoms with Crippen molar-refractivity contribution in [2.24, 2.45) is 0 Å². The minimum atomic E-state index is -4.79. The van der Waals surface area contributed by atoms with Crippen molar-refractivity contribution in [2.75, 3.05) is 11.5 Å². The highest BCUT2D eigenvalue weighted by Gasteiger charge is 2.54. The van der Waals surface area contributed by atoms with Crippen LogP contribution in [0, 0.1) is 13.8 Å². The Bertz CT molecular complexity index is 1280. The first-order valence-corrected chi connectivity index (χ1v) is 13.5. The van der Waals surface area contributed by atoms with E-state index in [0.29, 0.717) is 21.4 Å². The van der Waals surface area contributed by atoms with Gasteiger partial charge in [0.1, 0.15) is 28.2 Å². The van der Waals surface area contributed by atoms with Gasteiger partial charge in [0.05, 0.1) is 10.7 Å². The number of alkyl halides is 3. The van der Waals surface area contributed by atoms with Crippen LogP contribution in [0.2, 0.25) is 5.02 Å². The fourth-order valence-electron chi connectivity index (χ4n) is 3.72. The molecule has 0 unspecified atom stereocenters. The molecular weight excluding hydrogens is 565 g/mol. The Labute approximate surface area is 219 Å². The number of carbonyl (C=O) groups is 3. The van der Waals surface area contributed by atoms with Crippen molar-refractivity contribution in [1.82, 2.24) is 30.2 Å². The summed E-state index contributed by atoms with van der Waals surface area (Å²) in [6.45, 7) is 4.43. The third-order valence-electron chi connectivity index (χ3n) is 5.52. The number of hydrogen-bond acceptors (Lipinski definition) is 9. The summed E-state index contributed by atoms with van der Waals surface area (Å²) in [4.78, 5) is 38.8. The quantitative estimate of drug-likeness (QED) is 0.373. The van der Waals surface area contributed by atoms with E-state index in [0.717, 1.165) is 14.6 Å². The average molecular weight is 583 g/mol. The van der Waals surface area contributed by atoms with Gasteiger partial charge in [-0.3, -0.25) is 19.2 Å². The van der Waals surface area contributed by atoms with E-state index in [1.165, 1.54) is 48.7 Å². The van der Waals surface area contributed by atoms with Gasteiger partial charge in [0, 0.05) is 11.5 Å². The molecule has 10 nitrogen and oxygen atoms in total. The third kappa shape index (κ3) is 4.82. The second-order valence-electron chi connectivity index (χ2n) is 7.90. The summed E-state index contributed by atoms with van der Waals surface area (Å²) in [6.07, 6.45) is -4.79. The first kappa shape index (κ1) is 26.8. The van der Waals surface area contributed by atoms with Crippen LogP contribution in [0.25, 0.3) is 0 Å². The predicted molar refractivity (Wildman–Crippen MR) is 127 cm³/mol. The Morgan fingerprint density at radius 3 is 2.58 bits per heavy atom. The highest BCUT2D eigenvalue weighted by molar-refractivity contribution is 8.01. The lowest BCUT2D eigenvalue weighted by Crippen LogP contribution is -2.71. The molecule has 0 spiro atoms. The Balaban J connectivity index is 1.47. The smallest absolute Gasteiger partial charge is 0.436 e. The molecule has 17 heteroatoms. The second-order valence-corrected chi connectivity index (χ2v) is 11.8. The summed E-state index contributed by atoms with van der Waals surface area (Å²) in [7, 11) is 0. The van der Waals surface area contributed by atoms with E-state index < -0.39 is 52.1 Å². The highest BCUT2D eigenvalue weighted by atomic mass is 35.5. The number of thioether (sulfide) groups is 2. The van der Waals surface area contributed by atoms with Crippen LogP contribution in [-0.4, -0.2) is 70.7 Å². The first-order valence-electron chi connectivity index (χ1n) is 10.3. The number of amides is 2. The third-order valence-corrected chi connectivity index (χ3v) is 9.37. The monoisotopic (exact) mass is 582 g/mol. The van der Waals surface area contributed by atoms with Crippen molar-refractivity contribution >= 4 is 64.2 Å². The molecule has 0 aliphatic carbocycles. The van der Waals surface area contributed by atoms with Crippen molar-refractivity contribution in [3.05, 3.63) is 32.7 Å². The second kappa shape index (κ2) is 9.87. The Morgan fingerprint density at radius 1 is 1.33 bits per heavy atom. The van der Waals surface area contributed by atoms with Gasteiger partial charge in [0.25, 0.3) is 5.91 Å². The number of carboxylic acid groups (broad SMARTS) is 1. The topological polar surface area (TPSA) is 130 Å². The molecule has 1 saturated heterocycles. The van der Waals surface area contributed by atoms with Crippen molar-refractivity contribution < 1.29 is 32.7 Å². The predicted octanol–water partition coefficient (Wildman–Crippen LogP) is 3.12. The van der Waals surface area contributed by atoms with Crippen LogP contribution in [-0.2, 0) is 20.6 Å². The van der Waals surface area contributed by atoms with E-state index >= 15 is 0 Å². The Morgan fingerprint density at radius 2 is 2.03 bits per heavy atom. The lowest BCUT2D eigenvalue weighted by Gasteiger charge is -2.49. The number of β-lactam (4-membered cyclic amide) rings is 1. The highest BCUT2D eigenvalue weighted by Crippen LogP contribution is 2.42. The van der Waals surface area contributed by atoms with Crippen LogP contribution < -0.4 is 5.32 Å². The largest absolute Gasteiger partial charge is 0.477 e. The average Bonchev–Trinajstić information content (AvgIpc) is 3.36. The van der Waals surface area contributed by atoms with E-state index in [1.807, 2.05) is 0 Å². The van der Waals surface area contributed by atoms with Crippen molar-refractivity contribution in [3.63, 3.8) is 0 Å². The van der Waals surface area contributed by atoms with E-state index in [9.17, 15) is 32.7 Å². The standard InChI is InChI=1S/C19H18ClF3N6O4S3/c1-6-10(20)13(19(21,22)23)27-29(6)7(2)14(30)24-11-15(31)28-12(17(32)33)9(4-34-16(11)28)5-35-18-26-25-8(3)36-18/h7,11,16H,4-5H2,1-3H3,(H,24,30)(H,32,33)/t7-,11-,16+/m0/s1. The van der Waals surface area contributed by atoms with Crippen LogP contribution in [0.1, 0.15) is 29.4 Å². The summed E-state index contributed by atoms with van der Waals surface area (Å²) in [5.74, 6) is -2.03. The first-order chi connectivity index (χ1) is 16.8. The molecule has 2 aliphatic heterocycles. The van der Waals surface area contributed by atoms with Crippen LogP contribution in [0.3, 0.4) is 0 Å². The number of aromatic nitrogens is 4. The van der Waals surface area contributed by atoms with Gasteiger partial charge in [-0.05, 0) is 26.3 Å². The molecule has 2 aromatic heterocycles. The molecule has 36 heavy (non-hydrogen) atoms. The minimum Gasteiger partial charge on any atom is -0.477 e. The molecule has 4 rings (SSSR count). The van der Waals surface area contributed by atoms with E-state index in [2.05, 4.69) is 20.6 Å². The molecule has 1 fully saturated rings. The van der Waals surface area contributed by atoms with Gasteiger partial charge >= 0.3 is 12.1 Å². The number of carbonyl (C=O) groups excluding carboxylic acids is 2. The summed E-state index contributed by atoms with van der Waals surface area (Å²) < 4.78 is 40.9. The molecule has 2 N–H and O–H groups in total. The number of fused-ring (bicyclic) bond motifs is 1. The summed E-state index contributed by atoms with van der Waals surface area (Å²) in [5.41, 5.74) is -0.959. The number of hydrogen-bond donors (Lipinski definition) is 2. The fraction of sp³-hybridized carbons (Fsp3) is 0.474. The van der Waals surface area contributed by atoms with Crippen molar-refractivity contribution in [2.45, 2.75) is 48.7 Å². The Kier molecular flexibility index (Phi) is 7.34. The molecular formula is C19H18ClF3N6O4S3. The number of halogens is 4. The van der Waals surface area contributed by atoms with Gasteiger partial charge in [-0.2, -0.15) is 18.3 Å². The maximum atomic E-state index is 13.1. The molecule has 4 heterocycles. The molecule has 194 valence electrons. The van der Waals surface area contributed by atoms with Gasteiger partial charge in [-0.15, -0.1) is 22.0 Å². The maximum absolute atomic E-state index is 13.1. The van der Waals surface area contributed by atoms with E-state index in [1.54, 1.807) is 6.92 Å². The van der Waals surface area contributed by atoms with Gasteiger partial charge < -0.3 is 10.4 Å². The molecule has 0 bridgehead atoms. The van der Waals surface area contributed by atoms with Crippen LogP contribution in [0.4, 0.5) is 13.2 Å².